The van der Waals surface area contributed by atoms with Crippen LogP contribution >= 0.6 is 0 Å². The topological polar surface area (TPSA) is 12.0 Å². The Hall–Kier alpha value is -1.50. The second-order valence-corrected chi connectivity index (χ2v) is 3.45. The molecule has 14 heavy (non-hydrogen) atoms. The predicted molar refractivity (Wildman–Crippen MR) is 63.1 cm³/mol. The van der Waals surface area contributed by atoms with Crippen molar-refractivity contribution in [2.75, 3.05) is 7.05 Å². The molecule has 0 saturated heterocycles. The highest BCUT2D eigenvalue weighted by atomic mass is 14.8. The predicted octanol–water partition coefficient (Wildman–Crippen LogP) is 3.05. The maximum atomic E-state index is 3.83. The third kappa shape index (κ3) is 2.77. The monoisotopic (exact) mass is 187 g/mol. The summed E-state index contributed by atoms with van der Waals surface area (Å²) in [4.78, 5) is 0. The SMILES string of the molecule is C=C(/C=C/c1ccc(C)c(C)c1)NC. The first-order chi connectivity index (χ1) is 6.63. The minimum atomic E-state index is 0.920. The standard InChI is InChI=1S/C13H17N/c1-10-5-7-13(9-11(10)2)8-6-12(3)14-4/h5-9,14H,3H2,1-2,4H3/b8-6+. The van der Waals surface area contributed by atoms with Crippen molar-refractivity contribution in [2.24, 2.45) is 0 Å². The van der Waals surface area contributed by atoms with E-state index in [4.69, 9.17) is 0 Å². The molecule has 0 unspecified atom stereocenters. The Bertz CT molecular complexity index is 361. The second kappa shape index (κ2) is 4.66. The highest BCUT2D eigenvalue weighted by Gasteiger charge is 1.92. The first kappa shape index (κ1) is 10.6. The Morgan fingerprint density at radius 1 is 1.29 bits per heavy atom. The Morgan fingerprint density at radius 2 is 2.00 bits per heavy atom. The van der Waals surface area contributed by atoms with Crippen molar-refractivity contribution >= 4 is 6.08 Å². The Morgan fingerprint density at radius 3 is 2.57 bits per heavy atom. The van der Waals surface area contributed by atoms with Gasteiger partial charge in [0.25, 0.3) is 0 Å². The zero-order valence-electron chi connectivity index (χ0n) is 9.09. The number of aryl methyl sites for hydroxylation is 2. The number of likely N-dealkylation sites (N-methyl/N-ethyl adjacent to an activating group) is 1. The van der Waals surface area contributed by atoms with Gasteiger partial charge in [0.15, 0.2) is 0 Å². The molecule has 0 atom stereocenters. The summed E-state index contributed by atoms with van der Waals surface area (Å²) in [5, 5.41) is 2.98. The van der Waals surface area contributed by atoms with Gasteiger partial charge >= 0.3 is 0 Å². The van der Waals surface area contributed by atoms with E-state index in [2.05, 4.69) is 50.0 Å². The molecule has 0 fully saturated rings. The van der Waals surface area contributed by atoms with Crippen LogP contribution in [0.4, 0.5) is 0 Å². The molecule has 1 N–H and O–H groups in total. The molecule has 0 radical (unpaired) electrons. The summed E-state index contributed by atoms with van der Waals surface area (Å²) >= 11 is 0. The van der Waals surface area contributed by atoms with Crippen LogP contribution in [0.5, 0.6) is 0 Å². The van der Waals surface area contributed by atoms with Crippen LogP contribution in [0.2, 0.25) is 0 Å². The molecule has 0 bridgehead atoms. The van der Waals surface area contributed by atoms with Crippen molar-refractivity contribution < 1.29 is 0 Å². The van der Waals surface area contributed by atoms with Crippen LogP contribution < -0.4 is 5.32 Å². The summed E-state index contributed by atoms with van der Waals surface area (Å²) in [6, 6.07) is 6.42. The molecule has 1 aromatic carbocycles. The van der Waals surface area contributed by atoms with Gasteiger partial charge in [-0.1, -0.05) is 30.9 Å². The molecule has 1 rings (SSSR count). The number of hydrogen-bond acceptors (Lipinski definition) is 1. The van der Waals surface area contributed by atoms with Gasteiger partial charge in [-0.05, 0) is 36.6 Å². The van der Waals surface area contributed by atoms with E-state index in [9.17, 15) is 0 Å². The van der Waals surface area contributed by atoms with Gasteiger partial charge in [0.1, 0.15) is 0 Å². The van der Waals surface area contributed by atoms with E-state index in [1.165, 1.54) is 16.7 Å². The lowest BCUT2D eigenvalue weighted by molar-refractivity contribution is 1.04. The molecule has 0 aliphatic heterocycles. The fourth-order valence-electron chi connectivity index (χ4n) is 1.15. The van der Waals surface area contributed by atoms with Crippen molar-refractivity contribution in [3.8, 4) is 0 Å². The van der Waals surface area contributed by atoms with Crippen LogP contribution in [-0.2, 0) is 0 Å². The summed E-state index contributed by atoms with van der Waals surface area (Å²) in [7, 11) is 1.87. The molecule has 1 aromatic rings. The largest absolute Gasteiger partial charge is 0.389 e. The molecule has 0 saturated carbocycles. The Kier molecular flexibility index (Phi) is 3.52. The van der Waals surface area contributed by atoms with Crippen molar-refractivity contribution in [1.82, 2.24) is 5.32 Å². The number of nitrogens with one attached hydrogen (secondary N) is 1. The molecule has 0 aliphatic rings. The number of benzene rings is 1. The van der Waals surface area contributed by atoms with E-state index in [0.29, 0.717) is 0 Å². The minimum absolute atomic E-state index is 0.920. The zero-order chi connectivity index (χ0) is 10.6. The summed E-state index contributed by atoms with van der Waals surface area (Å²) in [5.74, 6) is 0. The normalized spacial score (nSPS) is 10.5. The molecular weight excluding hydrogens is 170 g/mol. The minimum Gasteiger partial charge on any atom is -0.389 e. The van der Waals surface area contributed by atoms with Gasteiger partial charge in [-0.3, -0.25) is 0 Å². The molecule has 0 spiro atoms. The average molecular weight is 187 g/mol. The fraction of sp³-hybridized carbons (Fsp3) is 0.231. The fourth-order valence-corrected chi connectivity index (χ4v) is 1.15. The molecule has 1 nitrogen and oxygen atoms in total. The highest BCUT2D eigenvalue weighted by molar-refractivity contribution is 5.54. The third-order valence-corrected chi connectivity index (χ3v) is 2.33. The molecular formula is C13H17N. The summed E-state index contributed by atoms with van der Waals surface area (Å²) in [6.07, 6.45) is 4.04. The van der Waals surface area contributed by atoms with Gasteiger partial charge in [-0.2, -0.15) is 0 Å². The summed E-state index contributed by atoms with van der Waals surface area (Å²) < 4.78 is 0. The maximum absolute atomic E-state index is 3.83. The van der Waals surface area contributed by atoms with E-state index in [1.807, 2.05) is 13.1 Å². The smallest absolute Gasteiger partial charge is 0.0264 e. The number of hydrogen-bond donors (Lipinski definition) is 1. The van der Waals surface area contributed by atoms with Gasteiger partial charge in [0.05, 0.1) is 0 Å². The number of allylic oxidation sites excluding steroid dienone is 1. The first-order valence-corrected chi connectivity index (χ1v) is 4.75. The van der Waals surface area contributed by atoms with E-state index in [-0.39, 0.29) is 0 Å². The van der Waals surface area contributed by atoms with E-state index in [0.717, 1.165) is 5.70 Å². The molecule has 0 aliphatic carbocycles. The van der Waals surface area contributed by atoms with Crippen LogP contribution in [0.1, 0.15) is 16.7 Å². The Labute approximate surface area is 86.2 Å². The lowest BCUT2D eigenvalue weighted by atomic mass is 10.1. The van der Waals surface area contributed by atoms with E-state index >= 15 is 0 Å². The van der Waals surface area contributed by atoms with Crippen LogP contribution in [0.3, 0.4) is 0 Å². The zero-order valence-corrected chi connectivity index (χ0v) is 9.09. The van der Waals surface area contributed by atoms with Gasteiger partial charge in [-0.25, -0.2) is 0 Å². The summed E-state index contributed by atoms with van der Waals surface area (Å²) in [5.41, 5.74) is 4.78. The van der Waals surface area contributed by atoms with Crippen molar-refractivity contribution in [1.29, 1.82) is 0 Å². The van der Waals surface area contributed by atoms with Gasteiger partial charge in [-0.15, -0.1) is 0 Å². The first-order valence-electron chi connectivity index (χ1n) is 4.75. The third-order valence-electron chi connectivity index (χ3n) is 2.33. The van der Waals surface area contributed by atoms with Gasteiger partial charge in [0.2, 0.25) is 0 Å². The molecule has 0 heterocycles. The quantitative estimate of drug-likeness (QED) is 0.717. The van der Waals surface area contributed by atoms with E-state index < -0.39 is 0 Å². The van der Waals surface area contributed by atoms with Gasteiger partial charge in [0, 0.05) is 12.7 Å². The van der Waals surface area contributed by atoms with Crippen molar-refractivity contribution in [2.45, 2.75) is 13.8 Å². The Balaban J connectivity index is 2.83. The van der Waals surface area contributed by atoms with E-state index in [1.54, 1.807) is 0 Å². The average Bonchev–Trinajstić information content (AvgIpc) is 2.19. The number of rotatable bonds is 3. The lowest BCUT2D eigenvalue weighted by Crippen LogP contribution is -2.00. The van der Waals surface area contributed by atoms with Crippen molar-refractivity contribution in [3.63, 3.8) is 0 Å². The van der Waals surface area contributed by atoms with Crippen LogP contribution in [0.15, 0.2) is 36.6 Å². The molecule has 74 valence electrons. The molecule has 0 amide bonds. The van der Waals surface area contributed by atoms with Crippen LogP contribution in [0.25, 0.3) is 6.08 Å². The highest BCUT2D eigenvalue weighted by Crippen LogP contribution is 2.11. The van der Waals surface area contributed by atoms with Crippen LogP contribution in [-0.4, -0.2) is 7.05 Å². The van der Waals surface area contributed by atoms with Crippen molar-refractivity contribution in [3.05, 3.63) is 53.2 Å². The summed E-state index contributed by atoms with van der Waals surface area (Å²) in [6.45, 7) is 8.08. The van der Waals surface area contributed by atoms with Gasteiger partial charge < -0.3 is 5.32 Å². The maximum Gasteiger partial charge on any atom is 0.0264 e. The molecule has 1 heteroatoms. The van der Waals surface area contributed by atoms with Crippen LogP contribution in [0, 0.1) is 13.8 Å². The molecule has 0 aromatic heterocycles. The second-order valence-electron chi connectivity index (χ2n) is 3.45. The lowest BCUT2D eigenvalue weighted by Gasteiger charge is -2.01.